The summed E-state index contributed by atoms with van der Waals surface area (Å²) in [6.07, 6.45) is -1.14. The number of carbonyl (C=O) groups excluding carboxylic acids is 1. The van der Waals surface area contributed by atoms with Gasteiger partial charge in [-0.3, -0.25) is 14.4 Å². The maximum atomic E-state index is 13.6. The van der Waals surface area contributed by atoms with E-state index in [1.165, 1.54) is 42.7 Å². The Morgan fingerprint density at radius 2 is 1.86 bits per heavy atom. The Bertz CT molecular complexity index is 1510. The second kappa shape index (κ2) is 9.76. The molecule has 2 heterocycles. The molecule has 0 saturated heterocycles. The second-order valence-electron chi connectivity index (χ2n) is 7.70. The van der Waals surface area contributed by atoms with E-state index in [0.29, 0.717) is 15.8 Å². The van der Waals surface area contributed by atoms with Gasteiger partial charge in [-0.2, -0.15) is 0 Å². The van der Waals surface area contributed by atoms with Crippen molar-refractivity contribution >= 4 is 49.7 Å². The van der Waals surface area contributed by atoms with Gasteiger partial charge in [0.25, 0.3) is 15.9 Å². The van der Waals surface area contributed by atoms with Crippen LogP contribution in [0.5, 0.6) is 11.5 Å². The third-order valence-electron chi connectivity index (χ3n) is 5.41. The van der Waals surface area contributed by atoms with E-state index in [-0.39, 0.29) is 28.0 Å². The number of benzene rings is 3. The largest absolute Gasteiger partial charge is 0.497 e. The Balaban J connectivity index is 1.42. The minimum Gasteiger partial charge on any atom is -0.497 e. The Labute approximate surface area is 216 Å². The number of aromatic nitrogens is 2. The lowest BCUT2D eigenvalue weighted by Crippen LogP contribution is -2.48. The molecule has 0 aliphatic carbocycles. The number of halogens is 1. The van der Waals surface area contributed by atoms with Gasteiger partial charge in [0.2, 0.25) is 5.13 Å². The number of hydrogen-bond donors (Lipinski definition) is 1. The molecule has 1 aliphatic heterocycles. The third kappa shape index (κ3) is 4.72. The molecule has 1 aromatic heterocycles. The number of nitrogens with zero attached hydrogens (tertiary/aromatic N) is 3. The quantitative estimate of drug-likeness (QED) is 0.383. The van der Waals surface area contributed by atoms with E-state index >= 15 is 0 Å². The van der Waals surface area contributed by atoms with Crippen LogP contribution in [0.2, 0.25) is 5.02 Å². The van der Waals surface area contributed by atoms with Crippen molar-refractivity contribution in [2.24, 2.45) is 0 Å². The highest BCUT2D eigenvalue weighted by molar-refractivity contribution is 7.92. The predicted octanol–water partition coefficient (Wildman–Crippen LogP) is 4.46. The molecular formula is C24H19ClN4O5S2. The van der Waals surface area contributed by atoms with E-state index in [1.54, 1.807) is 18.2 Å². The molecule has 1 amide bonds. The molecule has 0 saturated carbocycles. The summed E-state index contributed by atoms with van der Waals surface area (Å²) in [6, 6.07) is 20.0. The first-order valence-electron chi connectivity index (χ1n) is 10.7. The number of nitrogens with one attached hydrogen (secondary N) is 1. The standard InChI is InChI=1S/C24H19ClN4O5S2/c1-33-17-8-10-18(11-9-17)36(31,32)29-14-21(34-20-12-7-16(25)13-19(20)29)22(30)26-24-28-27-23(35-24)15-5-3-2-4-6-15/h2-13,21H,14H2,1H3,(H,26,28,30)/t21-/m0/s1. The minimum atomic E-state index is -4.05. The van der Waals surface area contributed by atoms with Crippen molar-refractivity contribution in [3.05, 3.63) is 77.8 Å². The van der Waals surface area contributed by atoms with E-state index in [9.17, 15) is 13.2 Å². The maximum absolute atomic E-state index is 13.6. The Kier molecular flexibility index (Phi) is 6.52. The number of methoxy groups -OCH3 is 1. The Hall–Kier alpha value is -3.67. The topological polar surface area (TPSA) is 111 Å². The first-order chi connectivity index (χ1) is 17.3. The highest BCUT2D eigenvalue weighted by Gasteiger charge is 2.38. The summed E-state index contributed by atoms with van der Waals surface area (Å²) in [5.41, 5.74) is 1.11. The lowest BCUT2D eigenvalue weighted by molar-refractivity contribution is -0.122. The van der Waals surface area contributed by atoms with Crippen LogP contribution in [0.25, 0.3) is 10.6 Å². The molecular weight excluding hydrogens is 524 g/mol. The molecule has 1 atom stereocenters. The Morgan fingerprint density at radius 3 is 2.58 bits per heavy atom. The van der Waals surface area contributed by atoms with Gasteiger partial charge in [-0.1, -0.05) is 53.3 Å². The number of hydrogen-bond acceptors (Lipinski definition) is 8. The summed E-state index contributed by atoms with van der Waals surface area (Å²) < 4.78 is 39.3. The van der Waals surface area contributed by atoms with Crippen LogP contribution in [0.1, 0.15) is 0 Å². The van der Waals surface area contributed by atoms with E-state index < -0.39 is 22.0 Å². The van der Waals surface area contributed by atoms with Gasteiger partial charge >= 0.3 is 0 Å². The van der Waals surface area contributed by atoms with Gasteiger partial charge in [0.15, 0.2) is 6.10 Å². The molecule has 1 N–H and O–H groups in total. The minimum absolute atomic E-state index is 0.0342. The van der Waals surface area contributed by atoms with Crippen molar-refractivity contribution in [3.63, 3.8) is 0 Å². The molecule has 4 aromatic rings. The van der Waals surface area contributed by atoms with Gasteiger partial charge in [-0.05, 0) is 42.5 Å². The first kappa shape index (κ1) is 24.0. The number of rotatable bonds is 6. The first-order valence-corrected chi connectivity index (χ1v) is 13.3. The maximum Gasteiger partial charge on any atom is 0.269 e. The molecule has 12 heteroatoms. The van der Waals surface area contributed by atoms with Gasteiger partial charge in [-0.25, -0.2) is 8.42 Å². The van der Waals surface area contributed by atoms with Crippen LogP contribution >= 0.6 is 22.9 Å². The molecule has 0 bridgehead atoms. The SMILES string of the molecule is COc1ccc(S(=O)(=O)N2C[C@@H](C(=O)Nc3nnc(-c4ccccc4)s3)Oc3ccc(Cl)cc32)cc1. The van der Waals surface area contributed by atoms with Crippen LogP contribution in [0, 0.1) is 0 Å². The van der Waals surface area contributed by atoms with Crippen molar-refractivity contribution < 1.29 is 22.7 Å². The molecule has 5 rings (SSSR count). The number of amides is 1. The molecule has 36 heavy (non-hydrogen) atoms. The molecule has 0 spiro atoms. The predicted molar refractivity (Wildman–Crippen MR) is 137 cm³/mol. The van der Waals surface area contributed by atoms with Crippen molar-refractivity contribution in [1.82, 2.24) is 10.2 Å². The van der Waals surface area contributed by atoms with E-state index in [4.69, 9.17) is 21.1 Å². The number of carbonyl (C=O) groups is 1. The van der Waals surface area contributed by atoms with Gasteiger partial charge in [0.1, 0.15) is 16.5 Å². The summed E-state index contributed by atoms with van der Waals surface area (Å²) >= 11 is 7.35. The zero-order valence-electron chi connectivity index (χ0n) is 18.8. The number of sulfonamides is 1. The molecule has 0 fully saturated rings. The zero-order chi connectivity index (χ0) is 25.3. The van der Waals surface area contributed by atoms with Crippen LogP contribution in [-0.2, 0) is 14.8 Å². The summed E-state index contributed by atoms with van der Waals surface area (Å²) in [5, 5.41) is 12.1. The van der Waals surface area contributed by atoms with Gasteiger partial charge in [-0.15, -0.1) is 10.2 Å². The molecule has 0 unspecified atom stereocenters. The van der Waals surface area contributed by atoms with Gasteiger partial charge in [0.05, 0.1) is 24.2 Å². The van der Waals surface area contributed by atoms with Crippen LogP contribution in [0.4, 0.5) is 10.8 Å². The van der Waals surface area contributed by atoms with Crippen LogP contribution in [0.3, 0.4) is 0 Å². The average Bonchev–Trinajstić information content (AvgIpc) is 3.37. The molecule has 184 valence electrons. The molecule has 0 radical (unpaired) electrons. The van der Waals surface area contributed by atoms with Crippen LogP contribution in [0.15, 0.2) is 77.7 Å². The van der Waals surface area contributed by atoms with Gasteiger partial charge in [0, 0.05) is 10.6 Å². The highest BCUT2D eigenvalue weighted by Crippen LogP contribution is 2.39. The van der Waals surface area contributed by atoms with E-state index in [1.807, 2.05) is 30.3 Å². The number of fused-ring (bicyclic) bond motifs is 1. The summed E-state index contributed by atoms with van der Waals surface area (Å²) in [5.74, 6) is 0.176. The number of ether oxygens (including phenoxy) is 2. The normalized spacial score (nSPS) is 15.1. The molecule has 9 nitrogen and oxygen atoms in total. The van der Waals surface area contributed by atoms with Crippen molar-refractivity contribution in [2.75, 3.05) is 23.3 Å². The number of anilines is 2. The summed E-state index contributed by atoms with van der Waals surface area (Å²) in [7, 11) is -2.56. The monoisotopic (exact) mass is 542 g/mol. The van der Waals surface area contributed by atoms with Crippen molar-refractivity contribution in [1.29, 1.82) is 0 Å². The van der Waals surface area contributed by atoms with Gasteiger partial charge < -0.3 is 9.47 Å². The van der Waals surface area contributed by atoms with E-state index in [2.05, 4.69) is 15.5 Å². The second-order valence-corrected chi connectivity index (χ2v) is 11.0. The van der Waals surface area contributed by atoms with Crippen LogP contribution in [-0.4, -0.2) is 44.3 Å². The summed E-state index contributed by atoms with van der Waals surface area (Å²) in [4.78, 5) is 13.2. The fourth-order valence-electron chi connectivity index (χ4n) is 3.62. The van der Waals surface area contributed by atoms with Crippen molar-refractivity contribution in [3.8, 4) is 22.1 Å². The average molecular weight is 543 g/mol. The zero-order valence-corrected chi connectivity index (χ0v) is 21.2. The lowest BCUT2D eigenvalue weighted by Gasteiger charge is -2.34. The fraction of sp³-hybridized carbons (Fsp3) is 0.125. The van der Waals surface area contributed by atoms with Crippen LogP contribution < -0.4 is 19.1 Å². The smallest absolute Gasteiger partial charge is 0.269 e. The third-order valence-corrected chi connectivity index (χ3v) is 8.32. The Morgan fingerprint density at radius 1 is 1.11 bits per heavy atom. The van der Waals surface area contributed by atoms with E-state index in [0.717, 1.165) is 9.87 Å². The molecule has 1 aliphatic rings. The lowest BCUT2D eigenvalue weighted by atomic mass is 10.2. The summed E-state index contributed by atoms with van der Waals surface area (Å²) in [6.45, 7) is -0.266. The van der Waals surface area contributed by atoms with Crippen molar-refractivity contribution in [2.45, 2.75) is 11.0 Å². The highest BCUT2D eigenvalue weighted by atomic mass is 35.5. The fourth-order valence-corrected chi connectivity index (χ4v) is 6.01. The molecule has 3 aromatic carbocycles.